The van der Waals surface area contributed by atoms with Crippen LogP contribution in [-0.4, -0.2) is 36.2 Å². The normalized spacial score (nSPS) is 21.4. The van der Waals surface area contributed by atoms with E-state index in [-0.39, 0.29) is 0 Å². The summed E-state index contributed by atoms with van der Waals surface area (Å²) in [4.78, 5) is 0. The highest BCUT2D eigenvalue weighted by Crippen LogP contribution is 2.29. The lowest BCUT2D eigenvalue weighted by molar-refractivity contribution is 0.214. The maximum absolute atomic E-state index is 3.55. The summed E-state index contributed by atoms with van der Waals surface area (Å²) in [7, 11) is 4.33. The Balaban J connectivity index is 2.42. The van der Waals surface area contributed by atoms with Crippen LogP contribution in [0.25, 0.3) is 0 Å². The molecular formula is C11H24N2S. The molecule has 1 saturated carbocycles. The number of likely N-dealkylation sites (N-methyl/N-ethyl adjacent to an activating group) is 2. The average Bonchev–Trinajstić information content (AvgIpc) is 2.19. The first-order valence-electron chi connectivity index (χ1n) is 5.75. The van der Waals surface area contributed by atoms with Gasteiger partial charge in [0.15, 0.2) is 0 Å². The van der Waals surface area contributed by atoms with Gasteiger partial charge in [-0.1, -0.05) is 38.1 Å². The predicted molar refractivity (Wildman–Crippen MR) is 65.6 cm³/mol. The van der Waals surface area contributed by atoms with E-state index in [1.54, 1.807) is 0 Å². The number of rotatable bonds is 5. The standard InChI is InChI=1S/C11H24N2S/c1-4-14-13(3)10-11(12-2)8-6-5-7-9-11/h12H,4-10H2,1-3H3. The van der Waals surface area contributed by atoms with Crippen LogP contribution in [0.15, 0.2) is 0 Å². The van der Waals surface area contributed by atoms with Gasteiger partial charge in [-0.2, -0.15) is 0 Å². The quantitative estimate of drug-likeness (QED) is 0.711. The first-order valence-corrected chi connectivity index (χ1v) is 6.69. The minimum Gasteiger partial charge on any atom is -0.313 e. The van der Waals surface area contributed by atoms with E-state index in [4.69, 9.17) is 0 Å². The highest BCUT2D eigenvalue weighted by atomic mass is 32.2. The fourth-order valence-corrected chi connectivity index (χ4v) is 3.19. The first kappa shape index (κ1) is 12.3. The molecule has 0 aromatic rings. The van der Waals surface area contributed by atoms with Gasteiger partial charge in [-0.05, 0) is 26.9 Å². The van der Waals surface area contributed by atoms with E-state index in [0.29, 0.717) is 5.54 Å². The van der Waals surface area contributed by atoms with Gasteiger partial charge >= 0.3 is 0 Å². The van der Waals surface area contributed by atoms with Crippen LogP contribution in [0.1, 0.15) is 39.0 Å². The van der Waals surface area contributed by atoms with Crippen LogP contribution in [0.3, 0.4) is 0 Å². The highest BCUT2D eigenvalue weighted by molar-refractivity contribution is 7.96. The lowest BCUT2D eigenvalue weighted by Gasteiger charge is -2.39. The van der Waals surface area contributed by atoms with Crippen LogP contribution >= 0.6 is 11.9 Å². The zero-order chi connectivity index (χ0) is 10.4. The topological polar surface area (TPSA) is 15.3 Å². The molecule has 0 atom stereocenters. The Hall–Kier alpha value is 0.270. The minimum absolute atomic E-state index is 0.398. The second-order valence-electron chi connectivity index (χ2n) is 4.29. The van der Waals surface area contributed by atoms with Crippen molar-refractivity contribution in [3.63, 3.8) is 0 Å². The molecule has 0 amide bonds. The molecule has 0 radical (unpaired) electrons. The Bertz CT molecular complexity index is 155. The van der Waals surface area contributed by atoms with Crippen molar-refractivity contribution in [1.29, 1.82) is 0 Å². The second kappa shape index (κ2) is 5.99. The van der Waals surface area contributed by atoms with Crippen LogP contribution in [0.4, 0.5) is 0 Å². The number of nitrogens with one attached hydrogen (secondary N) is 1. The smallest absolute Gasteiger partial charge is 0.0315 e. The van der Waals surface area contributed by atoms with Crippen molar-refractivity contribution < 1.29 is 0 Å². The van der Waals surface area contributed by atoms with Crippen LogP contribution in [0, 0.1) is 0 Å². The second-order valence-corrected chi connectivity index (χ2v) is 5.75. The summed E-state index contributed by atoms with van der Waals surface area (Å²) in [6.45, 7) is 3.40. The Morgan fingerprint density at radius 3 is 2.43 bits per heavy atom. The van der Waals surface area contributed by atoms with E-state index >= 15 is 0 Å². The molecule has 1 aliphatic carbocycles. The molecule has 2 nitrogen and oxygen atoms in total. The summed E-state index contributed by atoms with van der Waals surface area (Å²) in [6, 6.07) is 0. The van der Waals surface area contributed by atoms with E-state index in [1.807, 2.05) is 11.9 Å². The van der Waals surface area contributed by atoms with Crippen molar-refractivity contribution in [1.82, 2.24) is 9.62 Å². The van der Waals surface area contributed by atoms with Crippen LogP contribution in [0.5, 0.6) is 0 Å². The molecule has 0 aromatic heterocycles. The molecule has 0 heterocycles. The molecule has 0 spiro atoms. The van der Waals surface area contributed by atoms with Crippen molar-refractivity contribution in [3.8, 4) is 0 Å². The van der Waals surface area contributed by atoms with Crippen LogP contribution < -0.4 is 5.32 Å². The third kappa shape index (κ3) is 3.44. The summed E-state index contributed by atoms with van der Waals surface area (Å²) in [5.74, 6) is 1.18. The molecular weight excluding hydrogens is 192 g/mol. The van der Waals surface area contributed by atoms with Crippen LogP contribution in [-0.2, 0) is 0 Å². The Kier molecular flexibility index (Phi) is 5.28. The van der Waals surface area contributed by atoms with E-state index < -0.39 is 0 Å². The fourth-order valence-electron chi connectivity index (χ4n) is 2.41. The lowest BCUT2D eigenvalue weighted by Crippen LogP contribution is -2.51. The monoisotopic (exact) mass is 216 g/mol. The number of nitrogens with zero attached hydrogens (tertiary/aromatic N) is 1. The van der Waals surface area contributed by atoms with Gasteiger partial charge < -0.3 is 5.32 Å². The molecule has 1 rings (SSSR count). The maximum Gasteiger partial charge on any atom is 0.0315 e. The van der Waals surface area contributed by atoms with Gasteiger partial charge in [-0.3, -0.25) is 4.31 Å². The SMILES string of the molecule is CCSN(C)CC1(NC)CCCCC1. The van der Waals surface area contributed by atoms with E-state index in [1.165, 1.54) is 44.4 Å². The summed E-state index contributed by atoms with van der Waals surface area (Å²) in [6.07, 6.45) is 6.90. The average molecular weight is 216 g/mol. The van der Waals surface area contributed by atoms with Crippen molar-refractivity contribution >= 4 is 11.9 Å². The zero-order valence-corrected chi connectivity index (χ0v) is 10.6. The Morgan fingerprint density at radius 2 is 1.93 bits per heavy atom. The molecule has 0 saturated heterocycles. The first-order chi connectivity index (χ1) is 6.72. The summed E-state index contributed by atoms with van der Waals surface area (Å²) < 4.78 is 2.39. The summed E-state index contributed by atoms with van der Waals surface area (Å²) in [5.41, 5.74) is 0.398. The molecule has 1 N–H and O–H groups in total. The molecule has 0 unspecified atom stereocenters. The lowest BCUT2D eigenvalue weighted by atomic mass is 9.82. The van der Waals surface area contributed by atoms with Gasteiger partial charge in [-0.15, -0.1) is 0 Å². The number of hydrogen-bond acceptors (Lipinski definition) is 3. The Morgan fingerprint density at radius 1 is 1.29 bits per heavy atom. The summed E-state index contributed by atoms with van der Waals surface area (Å²) in [5, 5.41) is 3.55. The molecule has 0 bridgehead atoms. The van der Waals surface area contributed by atoms with Gasteiger partial charge in [0.2, 0.25) is 0 Å². The van der Waals surface area contributed by atoms with Gasteiger partial charge in [0, 0.05) is 17.8 Å². The predicted octanol–water partition coefficient (Wildman–Crippen LogP) is 2.51. The van der Waals surface area contributed by atoms with Crippen molar-refractivity contribution in [3.05, 3.63) is 0 Å². The van der Waals surface area contributed by atoms with E-state index in [0.717, 1.165) is 0 Å². The fraction of sp³-hybridized carbons (Fsp3) is 1.00. The third-order valence-electron chi connectivity index (χ3n) is 3.22. The molecule has 1 aliphatic rings. The van der Waals surface area contributed by atoms with E-state index in [2.05, 4.69) is 30.6 Å². The van der Waals surface area contributed by atoms with Gasteiger partial charge in [0.05, 0.1) is 0 Å². The van der Waals surface area contributed by atoms with Crippen molar-refractivity contribution in [2.45, 2.75) is 44.6 Å². The molecule has 0 aliphatic heterocycles. The Labute approximate surface area is 93.0 Å². The van der Waals surface area contributed by atoms with Crippen molar-refractivity contribution in [2.75, 3.05) is 26.4 Å². The van der Waals surface area contributed by atoms with E-state index in [9.17, 15) is 0 Å². The molecule has 1 fully saturated rings. The minimum atomic E-state index is 0.398. The third-order valence-corrected chi connectivity index (χ3v) is 4.04. The summed E-state index contributed by atoms with van der Waals surface area (Å²) >= 11 is 1.93. The van der Waals surface area contributed by atoms with Crippen LogP contribution in [0.2, 0.25) is 0 Å². The molecule has 3 heteroatoms. The van der Waals surface area contributed by atoms with Gasteiger partial charge in [0.25, 0.3) is 0 Å². The maximum atomic E-state index is 3.55. The highest BCUT2D eigenvalue weighted by Gasteiger charge is 2.31. The molecule has 84 valence electrons. The number of hydrogen-bond donors (Lipinski definition) is 1. The molecule has 14 heavy (non-hydrogen) atoms. The molecule has 0 aromatic carbocycles. The van der Waals surface area contributed by atoms with Gasteiger partial charge in [0.1, 0.15) is 0 Å². The van der Waals surface area contributed by atoms with Crippen molar-refractivity contribution in [2.24, 2.45) is 0 Å². The zero-order valence-electron chi connectivity index (χ0n) is 9.81. The largest absolute Gasteiger partial charge is 0.313 e. The van der Waals surface area contributed by atoms with Gasteiger partial charge in [-0.25, -0.2) is 0 Å².